The van der Waals surface area contributed by atoms with Gasteiger partial charge in [0.05, 0.1) is 12.2 Å². The standard InChI is InChI=1S/C23H24N4O.C5H12.2C2H6/c1-15(17-5-3-4-6-17)21-16(2)28-23(25)20(13-24)22(21)18-7-9-19(10-8-18)27-12-11-26-14-27;1-5(2,3)4;2*1-2/h7-12,14,17,22H,1,3-6,25H2,2H3;1-4H3;2*1-2H3. The minimum absolute atomic E-state index is 0.187. The van der Waals surface area contributed by atoms with E-state index in [0.717, 1.165) is 41.0 Å². The maximum absolute atomic E-state index is 9.82. The molecule has 0 bridgehead atoms. The highest BCUT2D eigenvalue weighted by Gasteiger charge is 2.35. The van der Waals surface area contributed by atoms with Gasteiger partial charge in [0.2, 0.25) is 5.88 Å². The molecule has 5 nitrogen and oxygen atoms in total. The van der Waals surface area contributed by atoms with Gasteiger partial charge < -0.3 is 15.0 Å². The highest BCUT2D eigenvalue weighted by Crippen LogP contribution is 2.46. The lowest BCUT2D eigenvalue weighted by Gasteiger charge is -2.31. The Bertz CT molecular complexity index is 1070. The van der Waals surface area contributed by atoms with Crippen molar-refractivity contribution in [3.63, 3.8) is 0 Å². The molecule has 0 spiro atoms. The second-order valence-corrected chi connectivity index (χ2v) is 10.5. The molecular weight excluding hydrogens is 456 g/mol. The lowest BCUT2D eigenvalue weighted by atomic mass is 9.76. The summed E-state index contributed by atoms with van der Waals surface area (Å²) >= 11 is 0. The Labute approximate surface area is 225 Å². The van der Waals surface area contributed by atoms with E-state index in [1.807, 2.05) is 69.6 Å². The number of nitriles is 1. The SMILES string of the molecule is C=C(C1=C(C)OC(N)=C(C#N)C1c1ccc(-n2ccnc2)cc1)C1CCCC1.CC.CC.CC(C)(C)C. The van der Waals surface area contributed by atoms with Crippen LogP contribution in [0, 0.1) is 22.7 Å². The predicted molar refractivity (Wildman–Crippen MR) is 156 cm³/mol. The zero-order valence-corrected chi connectivity index (χ0v) is 24.6. The number of hydrogen-bond acceptors (Lipinski definition) is 4. The van der Waals surface area contributed by atoms with Gasteiger partial charge in [0, 0.05) is 23.7 Å². The lowest BCUT2D eigenvalue weighted by molar-refractivity contribution is 0.280. The largest absolute Gasteiger partial charge is 0.445 e. The summed E-state index contributed by atoms with van der Waals surface area (Å²) < 4.78 is 7.71. The molecule has 2 heterocycles. The van der Waals surface area contributed by atoms with Crippen molar-refractivity contribution in [3.8, 4) is 11.8 Å². The van der Waals surface area contributed by atoms with Gasteiger partial charge in [0.15, 0.2) is 0 Å². The zero-order chi connectivity index (χ0) is 28.2. The molecule has 0 saturated heterocycles. The van der Waals surface area contributed by atoms with Gasteiger partial charge in [0.25, 0.3) is 0 Å². The first-order valence-corrected chi connectivity index (χ1v) is 13.7. The summed E-state index contributed by atoms with van der Waals surface area (Å²) in [6.45, 7) is 23.1. The van der Waals surface area contributed by atoms with Gasteiger partial charge in [-0.3, -0.25) is 0 Å². The molecule has 1 aromatic heterocycles. The van der Waals surface area contributed by atoms with Crippen LogP contribution in [0.3, 0.4) is 0 Å². The van der Waals surface area contributed by atoms with Crippen LogP contribution in [-0.2, 0) is 4.74 Å². The number of imidazole rings is 1. The Hall–Kier alpha value is -3.26. The van der Waals surface area contributed by atoms with Gasteiger partial charge in [-0.1, -0.05) is 86.9 Å². The summed E-state index contributed by atoms with van der Waals surface area (Å²) in [6.07, 6.45) is 10.2. The number of benzene rings is 1. The fourth-order valence-electron chi connectivity index (χ4n) is 4.37. The van der Waals surface area contributed by atoms with Crippen LogP contribution in [0.5, 0.6) is 0 Å². The number of ether oxygens (including phenoxy) is 1. The predicted octanol–water partition coefficient (Wildman–Crippen LogP) is 8.81. The average molecular weight is 505 g/mol. The highest BCUT2D eigenvalue weighted by atomic mass is 16.5. The number of aromatic nitrogens is 2. The van der Waals surface area contributed by atoms with Crippen LogP contribution in [0.4, 0.5) is 0 Å². The van der Waals surface area contributed by atoms with Crippen LogP contribution < -0.4 is 5.73 Å². The molecule has 1 atom stereocenters. The van der Waals surface area contributed by atoms with Gasteiger partial charge >= 0.3 is 0 Å². The summed E-state index contributed by atoms with van der Waals surface area (Å²) in [7, 11) is 0. The summed E-state index contributed by atoms with van der Waals surface area (Å²) in [5, 5.41) is 9.82. The molecule has 5 heteroatoms. The van der Waals surface area contributed by atoms with Crippen molar-refractivity contribution >= 4 is 0 Å². The molecule has 1 aliphatic carbocycles. The van der Waals surface area contributed by atoms with E-state index in [-0.39, 0.29) is 11.8 Å². The average Bonchev–Trinajstić information content (AvgIpc) is 3.60. The first kappa shape index (κ1) is 31.8. The molecular formula is C32H48N4O. The molecule has 1 saturated carbocycles. The molecule has 37 heavy (non-hydrogen) atoms. The lowest BCUT2D eigenvalue weighted by Crippen LogP contribution is -2.22. The van der Waals surface area contributed by atoms with Crippen molar-refractivity contribution in [2.75, 3.05) is 0 Å². The maximum Gasteiger partial charge on any atom is 0.205 e. The van der Waals surface area contributed by atoms with Crippen LogP contribution in [0.2, 0.25) is 0 Å². The Morgan fingerprint density at radius 3 is 2.08 bits per heavy atom. The van der Waals surface area contributed by atoms with Gasteiger partial charge in [-0.15, -0.1) is 0 Å². The van der Waals surface area contributed by atoms with Crippen molar-refractivity contribution in [1.82, 2.24) is 9.55 Å². The van der Waals surface area contributed by atoms with E-state index in [0.29, 0.717) is 16.9 Å². The molecule has 0 radical (unpaired) electrons. The third kappa shape index (κ3) is 8.97. The van der Waals surface area contributed by atoms with Crippen molar-refractivity contribution in [2.24, 2.45) is 17.1 Å². The van der Waals surface area contributed by atoms with E-state index < -0.39 is 0 Å². The summed E-state index contributed by atoms with van der Waals surface area (Å²) in [6, 6.07) is 10.4. The number of allylic oxidation sites excluding steroid dienone is 4. The Morgan fingerprint density at radius 1 is 1.08 bits per heavy atom. The van der Waals surface area contributed by atoms with Crippen molar-refractivity contribution in [2.45, 2.75) is 93.9 Å². The molecule has 1 aromatic carbocycles. The molecule has 1 aliphatic heterocycles. The zero-order valence-electron chi connectivity index (χ0n) is 24.6. The molecule has 1 unspecified atom stereocenters. The van der Waals surface area contributed by atoms with Crippen LogP contribution in [0.15, 0.2) is 77.9 Å². The number of rotatable bonds is 4. The Balaban J connectivity index is 0.000000671. The van der Waals surface area contributed by atoms with Gasteiger partial charge in [0.1, 0.15) is 17.4 Å². The monoisotopic (exact) mass is 504 g/mol. The summed E-state index contributed by atoms with van der Waals surface area (Å²) in [5.41, 5.74) is 11.2. The fraction of sp³-hybridized carbons (Fsp3) is 0.500. The Kier molecular flexibility index (Phi) is 13.0. The number of hydrogen-bond donors (Lipinski definition) is 1. The summed E-state index contributed by atoms with van der Waals surface area (Å²) in [4.78, 5) is 4.10. The highest BCUT2D eigenvalue weighted by molar-refractivity contribution is 5.55. The molecule has 2 N–H and O–H groups in total. The van der Waals surface area contributed by atoms with E-state index >= 15 is 0 Å². The molecule has 4 rings (SSSR count). The van der Waals surface area contributed by atoms with Crippen molar-refractivity contribution < 1.29 is 4.74 Å². The first-order chi connectivity index (χ1) is 17.6. The van der Waals surface area contributed by atoms with Crippen molar-refractivity contribution in [1.29, 1.82) is 5.26 Å². The van der Waals surface area contributed by atoms with Gasteiger partial charge in [-0.05, 0) is 54.4 Å². The van der Waals surface area contributed by atoms with Gasteiger partial charge in [-0.2, -0.15) is 5.26 Å². The minimum atomic E-state index is -0.247. The topological polar surface area (TPSA) is 76.9 Å². The molecule has 202 valence electrons. The number of nitrogens with two attached hydrogens (primary N) is 1. The quantitative estimate of drug-likeness (QED) is 0.451. The second kappa shape index (κ2) is 15.1. The summed E-state index contributed by atoms with van der Waals surface area (Å²) in [5.74, 6) is 1.13. The van der Waals surface area contributed by atoms with E-state index in [1.54, 1.807) is 12.5 Å². The molecule has 2 aliphatic rings. The smallest absolute Gasteiger partial charge is 0.205 e. The van der Waals surface area contributed by atoms with Crippen molar-refractivity contribution in [3.05, 3.63) is 83.5 Å². The number of nitrogens with zero attached hydrogens (tertiary/aromatic N) is 3. The molecule has 2 aromatic rings. The van der Waals surface area contributed by atoms with Crippen LogP contribution in [-0.4, -0.2) is 9.55 Å². The second-order valence-electron chi connectivity index (χ2n) is 10.5. The van der Waals surface area contributed by atoms with E-state index in [9.17, 15) is 5.26 Å². The van der Waals surface area contributed by atoms with Crippen LogP contribution in [0.1, 0.15) is 99.5 Å². The van der Waals surface area contributed by atoms with Gasteiger partial charge in [-0.25, -0.2) is 4.98 Å². The fourth-order valence-corrected chi connectivity index (χ4v) is 4.37. The maximum atomic E-state index is 9.82. The van der Waals surface area contributed by atoms with E-state index in [4.69, 9.17) is 10.5 Å². The van der Waals surface area contributed by atoms with E-state index in [1.165, 1.54) is 12.8 Å². The molecule has 1 fully saturated rings. The van der Waals surface area contributed by atoms with Crippen LogP contribution >= 0.6 is 0 Å². The van der Waals surface area contributed by atoms with Crippen LogP contribution in [0.25, 0.3) is 5.69 Å². The Morgan fingerprint density at radius 2 is 1.62 bits per heavy atom. The van der Waals surface area contributed by atoms with E-state index in [2.05, 4.69) is 45.3 Å². The first-order valence-electron chi connectivity index (χ1n) is 13.7. The third-order valence-electron chi connectivity index (χ3n) is 5.83. The normalized spacial score (nSPS) is 17.2. The molecule has 0 amide bonds. The minimum Gasteiger partial charge on any atom is -0.445 e. The third-order valence-corrected chi connectivity index (χ3v) is 5.83.